The van der Waals surface area contributed by atoms with Crippen LogP contribution >= 0.6 is 28.1 Å². The summed E-state index contributed by atoms with van der Waals surface area (Å²) in [5.74, 6) is 1.41. The van der Waals surface area contributed by atoms with Crippen LogP contribution in [-0.2, 0) is 6.61 Å². The standard InChI is InChI=1S/C19H22BrN3O2S/c1-3-21-19(26)23-22-12-15-7-10-17(18(11-15)24-4-2)25-13-14-5-8-16(20)9-6-14/h5-12H,3-4,13H2,1-2H3,(H2,21,23,26)/p+1. The maximum Gasteiger partial charge on any atom is 0.223 e. The molecular weight excluding hydrogens is 414 g/mol. The highest BCUT2D eigenvalue weighted by molar-refractivity contribution is 9.10. The van der Waals surface area contributed by atoms with Gasteiger partial charge in [0.25, 0.3) is 0 Å². The van der Waals surface area contributed by atoms with Gasteiger partial charge in [0, 0.05) is 16.6 Å². The molecule has 26 heavy (non-hydrogen) atoms. The molecule has 0 amide bonds. The number of benzene rings is 2. The van der Waals surface area contributed by atoms with Crippen LogP contribution in [0.15, 0.2) is 46.9 Å². The van der Waals surface area contributed by atoms with Gasteiger partial charge in [0.2, 0.25) is 5.11 Å². The Morgan fingerprint density at radius 2 is 1.88 bits per heavy atom. The van der Waals surface area contributed by atoms with Gasteiger partial charge in [-0.3, -0.25) is 0 Å². The van der Waals surface area contributed by atoms with Crippen LogP contribution in [0.3, 0.4) is 0 Å². The number of hydrogen-bond donors (Lipinski definition) is 3. The van der Waals surface area contributed by atoms with E-state index in [1.807, 2.05) is 62.5 Å². The Labute approximate surface area is 167 Å². The monoisotopic (exact) mass is 436 g/mol. The molecule has 2 aromatic rings. The first-order valence-electron chi connectivity index (χ1n) is 8.39. The van der Waals surface area contributed by atoms with Crippen molar-refractivity contribution in [2.45, 2.75) is 20.5 Å². The number of rotatable bonds is 8. The van der Waals surface area contributed by atoms with Gasteiger partial charge >= 0.3 is 0 Å². The highest BCUT2D eigenvalue weighted by Gasteiger charge is 2.08. The number of hydrazine groups is 1. The van der Waals surface area contributed by atoms with Gasteiger partial charge in [-0.25, -0.2) is 0 Å². The van der Waals surface area contributed by atoms with Crippen molar-refractivity contribution in [1.82, 2.24) is 10.7 Å². The fourth-order valence-corrected chi connectivity index (χ4v) is 2.60. The third kappa shape index (κ3) is 6.65. The van der Waals surface area contributed by atoms with Gasteiger partial charge in [-0.15, -0.1) is 10.5 Å². The third-order valence-electron chi connectivity index (χ3n) is 3.34. The predicted molar refractivity (Wildman–Crippen MR) is 112 cm³/mol. The fraction of sp³-hybridized carbons (Fsp3) is 0.263. The van der Waals surface area contributed by atoms with Crippen LogP contribution in [0.2, 0.25) is 0 Å². The van der Waals surface area contributed by atoms with Crippen molar-refractivity contribution >= 4 is 39.5 Å². The van der Waals surface area contributed by atoms with E-state index in [-0.39, 0.29) is 0 Å². The van der Waals surface area contributed by atoms with Crippen LogP contribution in [0, 0.1) is 0 Å². The predicted octanol–water partition coefficient (Wildman–Crippen LogP) is 2.33. The summed E-state index contributed by atoms with van der Waals surface area (Å²) in [6.07, 6.45) is 1.81. The van der Waals surface area contributed by atoms with Gasteiger partial charge < -0.3 is 14.8 Å². The average molecular weight is 437 g/mol. The summed E-state index contributed by atoms with van der Waals surface area (Å²) in [6.45, 7) is 5.75. The van der Waals surface area contributed by atoms with Crippen molar-refractivity contribution in [2.24, 2.45) is 0 Å². The minimum absolute atomic E-state index is 0.479. The Balaban J connectivity index is 2.03. The highest BCUT2D eigenvalue weighted by Crippen LogP contribution is 2.28. The summed E-state index contributed by atoms with van der Waals surface area (Å²) in [5, 5.41) is 6.50. The molecule has 0 fully saturated rings. The zero-order valence-corrected chi connectivity index (χ0v) is 17.2. The first-order chi connectivity index (χ1) is 12.6. The summed E-state index contributed by atoms with van der Waals surface area (Å²) in [4.78, 5) is 0. The molecule has 7 heteroatoms. The lowest BCUT2D eigenvalue weighted by atomic mass is 10.2. The van der Waals surface area contributed by atoms with Crippen LogP contribution in [0.5, 0.6) is 11.5 Å². The van der Waals surface area contributed by atoms with Gasteiger partial charge in [0.15, 0.2) is 17.7 Å². The number of nitrogens with one attached hydrogen (secondary N) is 3. The molecule has 2 aromatic carbocycles. The lowest BCUT2D eigenvalue weighted by molar-refractivity contribution is -0.500. The Hall–Kier alpha value is -2.12. The van der Waals surface area contributed by atoms with Crippen molar-refractivity contribution in [3.8, 4) is 11.5 Å². The zero-order chi connectivity index (χ0) is 18.8. The fourth-order valence-electron chi connectivity index (χ4n) is 2.13. The third-order valence-corrected chi connectivity index (χ3v) is 4.11. The Morgan fingerprint density at radius 3 is 2.58 bits per heavy atom. The number of hydrazone groups is 1. The number of hydrogen-bond acceptors (Lipinski definition) is 3. The molecule has 0 spiro atoms. The molecule has 0 aromatic heterocycles. The first-order valence-corrected chi connectivity index (χ1v) is 9.59. The largest absolute Gasteiger partial charge is 0.490 e. The average Bonchev–Trinajstić information content (AvgIpc) is 2.63. The molecule has 0 aliphatic rings. The molecule has 0 unspecified atom stereocenters. The minimum Gasteiger partial charge on any atom is -0.490 e. The minimum atomic E-state index is 0.479. The number of halogens is 1. The summed E-state index contributed by atoms with van der Waals surface area (Å²) >= 11 is 8.53. The van der Waals surface area contributed by atoms with Gasteiger partial charge in [-0.2, -0.15) is 0 Å². The zero-order valence-electron chi connectivity index (χ0n) is 14.8. The summed E-state index contributed by atoms with van der Waals surface area (Å²) in [6, 6.07) is 13.8. The van der Waals surface area contributed by atoms with Crippen LogP contribution < -0.4 is 25.3 Å². The molecule has 3 N–H and O–H groups in total. The van der Waals surface area contributed by atoms with E-state index in [0.717, 1.165) is 22.1 Å². The van der Waals surface area contributed by atoms with Crippen molar-refractivity contribution in [3.63, 3.8) is 0 Å². The van der Waals surface area contributed by atoms with Gasteiger partial charge in [0.1, 0.15) is 6.61 Å². The SMILES string of the molecule is CCNC(=S)N[NH+]=Cc1ccc(OCc2ccc(Br)cc2)c(OCC)c1. The van der Waals surface area contributed by atoms with Crippen molar-refractivity contribution in [2.75, 3.05) is 13.2 Å². The van der Waals surface area contributed by atoms with E-state index in [1.54, 1.807) is 0 Å². The normalized spacial score (nSPS) is 10.6. The van der Waals surface area contributed by atoms with E-state index in [4.69, 9.17) is 21.7 Å². The second kappa shape index (κ2) is 10.8. The molecule has 0 radical (unpaired) electrons. The molecule has 0 heterocycles. The Morgan fingerprint density at radius 1 is 1.12 bits per heavy atom. The topological polar surface area (TPSA) is 56.5 Å². The van der Waals surface area contributed by atoms with Crippen molar-refractivity contribution in [3.05, 3.63) is 58.1 Å². The van der Waals surface area contributed by atoms with Crippen LogP contribution in [-0.4, -0.2) is 24.5 Å². The quantitative estimate of drug-likeness (QED) is 0.336. The molecule has 0 atom stereocenters. The number of thiocarbonyl (C=S) groups is 1. The van der Waals surface area contributed by atoms with Gasteiger partial charge in [0.05, 0.1) is 6.61 Å². The highest BCUT2D eigenvalue weighted by atomic mass is 79.9. The molecule has 0 aliphatic heterocycles. The maximum atomic E-state index is 5.92. The van der Waals surface area contributed by atoms with E-state index in [0.29, 0.717) is 29.8 Å². The van der Waals surface area contributed by atoms with E-state index in [9.17, 15) is 0 Å². The van der Waals surface area contributed by atoms with E-state index in [2.05, 4.69) is 31.8 Å². The van der Waals surface area contributed by atoms with Gasteiger partial charge in [-0.1, -0.05) is 28.1 Å². The number of ether oxygens (including phenoxy) is 2. The maximum absolute atomic E-state index is 5.92. The van der Waals surface area contributed by atoms with E-state index < -0.39 is 0 Å². The summed E-state index contributed by atoms with van der Waals surface area (Å²) < 4.78 is 12.7. The second-order valence-electron chi connectivity index (χ2n) is 5.33. The smallest absolute Gasteiger partial charge is 0.223 e. The van der Waals surface area contributed by atoms with Crippen LogP contribution in [0.1, 0.15) is 25.0 Å². The molecule has 2 rings (SSSR count). The van der Waals surface area contributed by atoms with Crippen LogP contribution in [0.4, 0.5) is 0 Å². The van der Waals surface area contributed by atoms with E-state index in [1.165, 1.54) is 0 Å². The molecule has 138 valence electrons. The van der Waals surface area contributed by atoms with Crippen LogP contribution in [0.25, 0.3) is 0 Å². The van der Waals surface area contributed by atoms with Crippen molar-refractivity contribution in [1.29, 1.82) is 0 Å². The summed E-state index contributed by atoms with van der Waals surface area (Å²) in [5.41, 5.74) is 4.92. The molecule has 0 saturated carbocycles. The lowest BCUT2D eigenvalue weighted by Gasteiger charge is -2.12. The summed E-state index contributed by atoms with van der Waals surface area (Å²) in [7, 11) is 0. The molecule has 0 saturated heterocycles. The molecule has 0 aliphatic carbocycles. The van der Waals surface area contributed by atoms with E-state index >= 15 is 0 Å². The molecule has 0 bridgehead atoms. The first kappa shape index (κ1) is 20.2. The van der Waals surface area contributed by atoms with Crippen molar-refractivity contribution < 1.29 is 14.6 Å². The van der Waals surface area contributed by atoms with Gasteiger partial charge in [-0.05, 0) is 62.0 Å². The lowest BCUT2D eigenvalue weighted by Crippen LogP contribution is -2.82. The molecular formula is C19H23BrN3O2S+. The molecule has 5 nitrogen and oxygen atoms in total. The Kier molecular flexibility index (Phi) is 8.37. The second-order valence-corrected chi connectivity index (χ2v) is 6.65. The Bertz CT molecular complexity index is 751.